The maximum atomic E-state index is 12.7. The first kappa shape index (κ1) is 15.1. The minimum atomic E-state index is 0.0245. The van der Waals surface area contributed by atoms with Crippen LogP contribution in [-0.4, -0.2) is 40.0 Å². The lowest BCUT2D eigenvalue weighted by Crippen LogP contribution is -2.46. The van der Waals surface area contributed by atoms with Gasteiger partial charge >= 0.3 is 0 Å². The van der Waals surface area contributed by atoms with Crippen molar-refractivity contribution in [1.29, 1.82) is 0 Å². The molecular weight excluding hydrogens is 302 g/mol. The molecule has 5 heteroatoms. The van der Waals surface area contributed by atoms with Crippen LogP contribution in [0.4, 0.5) is 0 Å². The van der Waals surface area contributed by atoms with Gasteiger partial charge in [-0.2, -0.15) is 0 Å². The second-order valence-corrected chi connectivity index (χ2v) is 6.69. The van der Waals surface area contributed by atoms with Crippen molar-refractivity contribution in [3.05, 3.63) is 47.0 Å². The topological polar surface area (TPSA) is 65.5 Å². The molecule has 24 heavy (non-hydrogen) atoms. The number of amides is 1. The smallest absolute Gasteiger partial charge is 0.254 e. The van der Waals surface area contributed by atoms with Crippen LogP contribution in [0.2, 0.25) is 0 Å². The van der Waals surface area contributed by atoms with Crippen molar-refractivity contribution in [2.24, 2.45) is 0 Å². The van der Waals surface area contributed by atoms with Gasteiger partial charge in [-0.05, 0) is 55.6 Å². The summed E-state index contributed by atoms with van der Waals surface area (Å²) in [6, 6.07) is 9.71. The SMILES string of the molecule is Cc1cc(O)nc(-c2ccc3c(c2)CN(C2CCCNC2)C3=O)c1. The van der Waals surface area contributed by atoms with Crippen molar-refractivity contribution in [2.75, 3.05) is 13.1 Å². The number of pyridine rings is 1. The summed E-state index contributed by atoms with van der Waals surface area (Å²) >= 11 is 0. The van der Waals surface area contributed by atoms with E-state index >= 15 is 0 Å². The number of hydrogen-bond acceptors (Lipinski definition) is 4. The van der Waals surface area contributed by atoms with E-state index in [1.165, 1.54) is 0 Å². The number of aromatic hydroxyl groups is 1. The van der Waals surface area contributed by atoms with Crippen molar-refractivity contribution in [2.45, 2.75) is 32.4 Å². The summed E-state index contributed by atoms with van der Waals surface area (Å²) in [7, 11) is 0. The Hall–Kier alpha value is -2.40. The molecule has 1 aromatic heterocycles. The number of piperidine rings is 1. The fourth-order valence-electron chi connectivity index (χ4n) is 3.69. The predicted molar refractivity (Wildman–Crippen MR) is 91.8 cm³/mol. The minimum Gasteiger partial charge on any atom is -0.493 e. The van der Waals surface area contributed by atoms with E-state index in [4.69, 9.17) is 0 Å². The Labute approximate surface area is 141 Å². The van der Waals surface area contributed by atoms with E-state index < -0.39 is 0 Å². The second-order valence-electron chi connectivity index (χ2n) is 6.69. The molecule has 2 N–H and O–H groups in total. The summed E-state index contributed by atoms with van der Waals surface area (Å²) in [5.41, 5.74) is 4.47. The number of carbonyl (C=O) groups is 1. The Bertz CT molecular complexity index is 777. The molecule has 1 aromatic carbocycles. The van der Waals surface area contributed by atoms with Crippen molar-refractivity contribution < 1.29 is 9.90 Å². The zero-order chi connectivity index (χ0) is 16.7. The van der Waals surface area contributed by atoms with E-state index in [-0.39, 0.29) is 17.8 Å². The largest absolute Gasteiger partial charge is 0.493 e. The van der Waals surface area contributed by atoms with Crippen LogP contribution in [0, 0.1) is 6.92 Å². The zero-order valence-electron chi connectivity index (χ0n) is 13.7. The Morgan fingerprint density at radius 1 is 1.29 bits per heavy atom. The van der Waals surface area contributed by atoms with E-state index in [2.05, 4.69) is 10.3 Å². The van der Waals surface area contributed by atoms with Crippen LogP contribution < -0.4 is 5.32 Å². The summed E-state index contributed by atoms with van der Waals surface area (Å²) in [6.07, 6.45) is 2.18. The number of benzene rings is 1. The van der Waals surface area contributed by atoms with E-state index in [9.17, 15) is 9.90 Å². The highest BCUT2D eigenvalue weighted by Crippen LogP contribution is 2.31. The van der Waals surface area contributed by atoms with Gasteiger partial charge in [0, 0.05) is 36.3 Å². The number of aromatic nitrogens is 1. The van der Waals surface area contributed by atoms with Gasteiger partial charge in [-0.25, -0.2) is 4.98 Å². The van der Waals surface area contributed by atoms with Crippen molar-refractivity contribution in [3.8, 4) is 17.1 Å². The van der Waals surface area contributed by atoms with Gasteiger partial charge in [0.2, 0.25) is 5.88 Å². The highest BCUT2D eigenvalue weighted by Gasteiger charge is 2.33. The average molecular weight is 323 g/mol. The fourth-order valence-corrected chi connectivity index (χ4v) is 3.69. The van der Waals surface area contributed by atoms with E-state index in [0.717, 1.165) is 53.9 Å². The van der Waals surface area contributed by atoms with Gasteiger partial charge in [-0.15, -0.1) is 0 Å². The molecule has 1 fully saturated rings. The standard InChI is InChI=1S/C19H21N3O2/c1-12-7-17(21-18(23)8-12)13-4-5-16-14(9-13)11-22(19(16)24)15-3-2-6-20-10-15/h4-5,7-9,15,20H,2-3,6,10-11H2,1H3,(H,21,23). The molecule has 0 aliphatic carbocycles. The van der Waals surface area contributed by atoms with Crippen molar-refractivity contribution in [1.82, 2.24) is 15.2 Å². The molecule has 124 valence electrons. The molecule has 0 saturated carbocycles. The highest BCUT2D eigenvalue weighted by atomic mass is 16.3. The van der Waals surface area contributed by atoms with Crippen LogP contribution in [-0.2, 0) is 6.54 Å². The Morgan fingerprint density at radius 3 is 2.92 bits per heavy atom. The molecule has 5 nitrogen and oxygen atoms in total. The van der Waals surface area contributed by atoms with Crippen LogP contribution in [0.5, 0.6) is 5.88 Å². The second kappa shape index (κ2) is 5.91. The van der Waals surface area contributed by atoms with Crippen LogP contribution >= 0.6 is 0 Å². The molecule has 0 spiro atoms. The van der Waals surface area contributed by atoms with Crippen molar-refractivity contribution >= 4 is 5.91 Å². The maximum absolute atomic E-state index is 12.7. The van der Waals surface area contributed by atoms with Gasteiger partial charge in [-0.3, -0.25) is 4.79 Å². The Balaban J connectivity index is 1.65. The quantitative estimate of drug-likeness (QED) is 0.891. The molecule has 2 aliphatic heterocycles. The normalized spacial score (nSPS) is 20.3. The van der Waals surface area contributed by atoms with Gasteiger partial charge in [0.05, 0.1) is 5.69 Å². The number of nitrogens with zero attached hydrogens (tertiary/aromatic N) is 2. The van der Waals surface area contributed by atoms with Gasteiger partial charge in [0.1, 0.15) is 0 Å². The fraction of sp³-hybridized carbons (Fsp3) is 0.368. The molecule has 0 bridgehead atoms. The van der Waals surface area contributed by atoms with Gasteiger partial charge in [0.15, 0.2) is 0 Å². The molecule has 1 atom stereocenters. The molecule has 3 heterocycles. The molecule has 1 amide bonds. The summed E-state index contributed by atoms with van der Waals surface area (Å²) < 4.78 is 0. The predicted octanol–water partition coefficient (Wildman–Crippen LogP) is 2.47. The van der Waals surface area contributed by atoms with Gasteiger partial charge in [-0.1, -0.05) is 6.07 Å². The lowest BCUT2D eigenvalue weighted by atomic mass is 10.0. The molecule has 2 aliphatic rings. The molecule has 2 aromatic rings. The van der Waals surface area contributed by atoms with Crippen LogP contribution in [0.3, 0.4) is 0 Å². The third-order valence-electron chi connectivity index (χ3n) is 4.90. The van der Waals surface area contributed by atoms with Gasteiger partial charge < -0.3 is 15.3 Å². The number of rotatable bonds is 2. The number of aryl methyl sites for hydroxylation is 1. The summed E-state index contributed by atoms with van der Waals surface area (Å²) in [5.74, 6) is 0.154. The van der Waals surface area contributed by atoms with E-state index in [1.54, 1.807) is 6.07 Å². The number of fused-ring (bicyclic) bond motifs is 1. The minimum absolute atomic E-state index is 0.0245. The first-order valence-electron chi connectivity index (χ1n) is 8.44. The lowest BCUT2D eigenvalue weighted by Gasteiger charge is -2.31. The highest BCUT2D eigenvalue weighted by molar-refractivity contribution is 5.99. The van der Waals surface area contributed by atoms with Crippen LogP contribution in [0.1, 0.15) is 34.3 Å². The molecular formula is C19H21N3O2. The van der Waals surface area contributed by atoms with Crippen molar-refractivity contribution in [3.63, 3.8) is 0 Å². The first-order chi connectivity index (χ1) is 11.6. The van der Waals surface area contributed by atoms with E-state index in [1.807, 2.05) is 36.1 Å². The first-order valence-corrected chi connectivity index (χ1v) is 8.44. The number of nitrogens with one attached hydrogen (secondary N) is 1. The third-order valence-corrected chi connectivity index (χ3v) is 4.90. The monoisotopic (exact) mass is 323 g/mol. The summed E-state index contributed by atoms with van der Waals surface area (Å²) in [6.45, 7) is 4.50. The molecule has 0 radical (unpaired) electrons. The summed E-state index contributed by atoms with van der Waals surface area (Å²) in [4.78, 5) is 18.9. The Morgan fingerprint density at radius 2 is 2.17 bits per heavy atom. The van der Waals surface area contributed by atoms with Crippen LogP contribution in [0.15, 0.2) is 30.3 Å². The zero-order valence-corrected chi connectivity index (χ0v) is 13.7. The molecule has 1 unspecified atom stereocenters. The average Bonchev–Trinajstić information content (AvgIpc) is 2.91. The number of carbonyl (C=O) groups excluding carboxylic acids is 1. The van der Waals surface area contributed by atoms with Gasteiger partial charge in [0.25, 0.3) is 5.91 Å². The number of hydrogen-bond donors (Lipinski definition) is 2. The molecule has 1 saturated heterocycles. The molecule has 4 rings (SSSR count). The third kappa shape index (κ3) is 2.65. The maximum Gasteiger partial charge on any atom is 0.254 e. The Kier molecular flexibility index (Phi) is 3.73. The summed E-state index contributed by atoms with van der Waals surface area (Å²) in [5, 5.41) is 13.1. The van der Waals surface area contributed by atoms with E-state index in [0.29, 0.717) is 6.54 Å². The van der Waals surface area contributed by atoms with Crippen LogP contribution in [0.25, 0.3) is 11.3 Å². The lowest BCUT2D eigenvalue weighted by molar-refractivity contribution is 0.0674.